The van der Waals surface area contributed by atoms with Crippen molar-refractivity contribution in [1.29, 1.82) is 0 Å². The fraction of sp³-hybridized carbons (Fsp3) is 0. The zero-order chi connectivity index (χ0) is 48.5. The van der Waals surface area contributed by atoms with Crippen molar-refractivity contribution in [2.75, 3.05) is 11.5 Å². The predicted octanol–water partition coefficient (Wildman–Crippen LogP) is 10.5. The van der Waals surface area contributed by atoms with Crippen molar-refractivity contribution in [3.8, 4) is 41.2 Å². The molecule has 0 fully saturated rings. The molecule has 0 saturated carbocycles. The zero-order valence-electron chi connectivity index (χ0n) is 35.5. The highest BCUT2D eigenvalue weighted by molar-refractivity contribution is 14.1. The molecule has 10 rings (SSSR count). The van der Waals surface area contributed by atoms with Gasteiger partial charge in [0.15, 0.2) is 0 Å². The van der Waals surface area contributed by atoms with Crippen molar-refractivity contribution in [1.82, 2.24) is 49.5 Å². The van der Waals surface area contributed by atoms with Gasteiger partial charge in [-0.05, 0) is 197 Å². The number of rotatable bonds is 3. The number of aromatic nitrogens is 10. The lowest BCUT2D eigenvalue weighted by molar-refractivity contribution is 0.626. The first-order valence-electron chi connectivity index (χ1n) is 19.8. The summed E-state index contributed by atoms with van der Waals surface area (Å²) in [6.07, 6.45) is 15.4. The lowest BCUT2D eigenvalue weighted by atomic mass is 10.3. The monoisotopic (exact) mass is 1140 g/mol. The van der Waals surface area contributed by atoms with E-state index < -0.39 is 0 Å². The van der Waals surface area contributed by atoms with E-state index in [1.807, 2.05) is 42.6 Å². The summed E-state index contributed by atoms with van der Waals surface area (Å²) in [6, 6.07) is 42.9. The molecular weight excluding hydrogens is 1100 g/mol. The van der Waals surface area contributed by atoms with Crippen LogP contribution in [0.2, 0.25) is 0 Å². The summed E-state index contributed by atoms with van der Waals surface area (Å²) in [5.41, 5.74) is 15.1. The molecule has 0 aliphatic carbocycles. The van der Waals surface area contributed by atoms with Gasteiger partial charge in [-0.1, -0.05) is 18.1 Å². The van der Waals surface area contributed by atoms with Crippen molar-refractivity contribution < 1.29 is 17.6 Å². The molecule has 12 nitrogen and oxygen atoms in total. The molecule has 18 heteroatoms. The Morgan fingerprint density at radius 1 is 0.471 bits per heavy atom. The van der Waals surface area contributed by atoms with Gasteiger partial charge in [0.1, 0.15) is 55.7 Å². The largest absolute Gasteiger partial charge is 0.384 e. The summed E-state index contributed by atoms with van der Waals surface area (Å²) in [4.78, 5) is 7.98. The lowest BCUT2D eigenvalue weighted by Crippen LogP contribution is -1.95. The molecule has 4 aromatic carbocycles. The molecule has 10 aromatic rings. The quantitative estimate of drug-likeness (QED) is 0.0896. The highest BCUT2D eigenvalue weighted by atomic mass is 127. The van der Waals surface area contributed by atoms with Crippen LogP contribution in [0.1, 0.15) is 17.1 Å². The van der Waals surface area contributed by atoms with Crippen molar-refractivity contribution in [3.63, 3.8) is 0 Å². The molecule has 6 aromatic heterocycles. The van der Waals surface area contributed by atoms with Gasteiger partial charge in [0.25, 0.3) is 0 Å². The minimum Gasteiger partial charge on any atom is -0.384 e. The average Bonchev–Trinajstić information content (AvgIpc) is 4.22. The molecule has 0 aliphatic rings. The zero-order valence-corrected chi connectivity index (χ0v) is 39.8. The van der Waals surface area contributed by atoms with Crippen LogP contribution in [0.25, 0.3) is 17.1 Å². The number of nitrogens with one attached hydrogen (secondary N) is 1. The van der Waals surface area contributed by atoms with E-state index in [-0.39, 0.29) is 23.3 Å². The second-order valence-corrected chi connectivity index (χ2v) is 15.5. The molecule has 5 N–H and O–H groups in total. The number of benzene rings is 4. The van der Waals surface area contributed by atoms with Gasteiger partial charge >= 0.3 is 0 Å². The molecule has 340 valence electrons. The number of H-pyrrole nitrogens is 1. The molecule has 0 amide bonds. The molecule has 0 spiro atoms. The number of nitrogen functional groups attached to an aromatic ring is 2. The number of terminal acetylenes is 1. The van der Waals surface area contributed by atoms with E-state index in [4.69, 9.17) is 17.9 Å². The maximum Gasteiger partial charge on any atom is 0.145 e. The third-order valence-corrected chi connectivity index (χ3v) is 9.45. The van der Waals surface area contributed by atoms with E-state index in [2.05, 4.69) is 98.4 Å². The van der Waals surface area contributed by atoms with E-state index >= 15 is 0 Å². The van der Waals surface area contributed by atoms with Crippen LogP contribution in [0.5, 0.6) is 0 Å². The van der Waals surface area contributed by atoms with Crippen LogP contribution in [0.15, 0.2) is 195 Å². The second kappa shape index (κ2) is 27.4. The number of anilines is 2. The SMILES string of the molecule is C#Cc1ccccn1.Fc1ccc(-n2ccc(C#Cc3ccccn3)n2)cc1.Fc1ccc(-n2ccc(I)n2)cc1.Fc1ccc(I)cc1.Nc1ccn(-c2ccc(F)cc2)n1.Nc1ccn[nH]1. The first-order valence-corrected chi connectivity index (χ1v) is 21.9. The van der Waals surface area contributed by atoms with Crippen molar-refractivity contribution >= 4 is 56.8 Å². The van der Waals surface area contributed by atoms with Crippen LogP contribution in [0.4, 0.5) is 29.2 Å². The highest BCUT2D eigenvalue weighted by Gasteiger charge is 2.01. The van der Waals surface area contributed by atoms with Crippen LogP contribution in [0.3, 0.4) is 0 Å². The minimum absolute atomic E-state index is 0.176. The number of pyridine rings is 2. The molecule has 0 radical (unpaired) electrons. The van der Waals surface area contributed by atoms with Crippen molar-refractivity contribution in [2.45, 2.75) is 0 Å². The van der Waals surface area contributed by atoms with E-state index in [9.17, 15) is 17.6 Å². The standard InChI is InChI=1S/C16H10FN3.C9H6FIN2.C9H8FN3.C7H5N.C6H4FI.C3H5N3/c17-13-4-8-16(9-5-13)20-12-10-15(19-20)7-6-14-3-1-2-11-18-14;2*10-7-1-3-8(4-2-7)13-6-5-9(11)12-13;1-2-7-5-3-4-6-8-7;7-5-1-3-6(8)4-2-5;4-3-1-2-5-6-3/h1-5,8-12H;1-6H;1-6H,(H2,11,12);1,3-6H;1-4H;1-2H,(H3,4,5,6). The Balaban J connectivity index is 0.000000160. The Morgan fingerprint density at radius 2 is 0.926 bits per heavy atom. The summed E-state index contributed by atoms with van der Waals surface area (Å²) < 4.78 is 57.0. The molecule has 6 heterocycles. The van der Waals surface area contributed by atoms with Gasteiger partial charge in [-0.2, -0.15) is 20.4 Å². The average molecular weight is 1140 g/mol. The second-order valence-electron chi connectivity index (χ2n) is 13.1. The van der Waals surface area contributed by atoms with E-state index in [1.54, 1.807) is 118 Å². The van der Waals surface area contributed by atoms with Crippen LogP contribution >= 0.6 is 45.2 Å². The predicted molar refractivity (Wildman–Crippen MR) is 272 cm³/mol. The Morgan fingerprint density at radius 3 is 1.29 bits per heavy atom. The Bertz CT molecular complexity index is 2990. The topological polar surface area (TPSA) is 160 Å². The fourth-order valence-corrected chi connectivity index (χ4v) is 5.71. The summed E-state index contributed by atoms with van der Waals surface area (Å²) >= 11 is 4.26. The van der Waals surface area contributed by atoms with Gasteiger partial charge in [0.2, 0.25) is 0 Å². The van der Waals surface area contributed by atoms with Crippen molar-refractivity contribution in [3.05, 3.63) is 243 Å². The maximum absolute atomic E-state index is 12.9. The minimum atomic E-state index is -0.268. The summed E-state index contributed by atoms with van der Waals surface area (Å²) in [5.74, 6) is 8.42. The Hall–Kier alpha value is -8.08. The number of hydrogen-bond acceptors (Lipinski definition) is 8. The van der Waals surface area contributed by atoms with Gasteiger partial charge in [-0.25, -0.2) is 41.6 Å². The first-order chi connectivity index (χ1) is 32.9. The number of hydrogen-bond donors (Lipinski definition) is 3. The molecule has 0 atom stereocenters. The van der Waals surface area contributed by atoms with Gasteiger partial charge < -0.3 is 11.5 Å². The molecule has 0 bridgehead atoms. The van der Waals surface area contributed by atoms with E-state index in [0.29, 0.717) is 28.7 Å². The van der Waals surface area contributed by atoms with Gasteiger partial charge in [-0.3, -0.25) is 5.10 Å². The normalized spacial score (nSPS) is 9.60. The summed E-state index contributed by atoms with van der Waals surface area (Å²) in [6.45, 7) is 0. The fourth-order valence-electron chi connectivity index (χ4n) is 4.95. The van der Waals surface area contributed by atoms with E-state index in [1.165, 1.54) is 48.5 Å². The lowest BCUT2D eigenvalue weighted by Gasteiger charge is -1.99. The van der Waals surface area contributed by atoms with Gasteiger partial charge in [0.05, 0.1) is 23.3 Å². The molecule has 0 unspecified atom stereocenters. The summed E-state index contributed by atoms with van der Waals surface area (Å²) in [7, 11) is 0. The Labute approximate surface area is 416 Å². The number of halogens is 6. The number of nitrogens with zero attached hydrogens (tertiary/aromatic N) is 9. The molecular formula is C50H38F4I2N12. The van der Waals surface area contributed by atoms with Crippen LogP contribution < -0.4 is 11.5 Å². The highest BCUT2D eigenvalue weighted by Crippen LogP contribution is 2.12. The number of aromatic amines is 1. The maximum atomic E-state index is 12.9. The van der Waals surface area contributed by atoms with Gasteiger partial charge in [-0.15, -0.1) is 6.42 Å². The third kappa shape index (κ3) is 18.4. The molecule has 0 aliphatic heterocycles. The smallest absolute Gasteiger partial charge is 0.145 e. The van der Waals surface area contributed by atoms with Crippen molar-refractivity contribution in [2.24, 2.45) is 0 Å². The van der Waals surface area contributed by atoms with E-state index in [0.717, 1.165) is 24.3 Å². The molecule has 0 saturated heterocycles. The third-order valence-electron chi connectivity index (χ3n) is 8.15. The van der Waals surface area contributed by atoms with Gasteiger partial charge in [0, 0.05) is 40.6 Å². The first kappa shape index (κ1) is 50.9. The van der Waals surface area contributed by atoms with Crippen LogP contribution in [-0.4, -0.2) is 49.5 Å². The molecule has 68 heavy (non-hydrogen) atoms. The summed E-state index contributed by atoms with van der Waals surface area (Å²) in [5, 5.41) is 18.6. The Kier molecular flexibility index (Phi) is 20.5. The number of nitrogens with two attached hydrogens (primary N) is 2. The van der Waals surface area contributed by atoms with Crippen LogP contribution in [0, 0.1) is 54.7 Å². The van der Waals surface area contributed by atoms with Crippen LogP contribution in [-0.2, 0) is 0 Å².